The molecule has 5 heteroatoms. The first-order chi connectivity index (χ1) is 10.6. The van der Waals surface area contributed by atoms with Gasteiger partial charge in [-0.15, -0.1) is 0 Å². The molecule has 2 aromatic rings. The van der Waals surface area contributed by atoms with Crippen LogP contribution in [0.1, 0.15) is 5.56 Å². The van der Waals surface area contributed by atoms with Crippen LogP contribution in [0.25, 0.3) is 6.08 Å². The first kappa shape index (κ1) is 14.2. The number of fused-ring (bicyclic) bond motifs is 1. The Morgan fingerprint density at radius 1 is 1.18 bits per heavy atom. The third kappa shape index (κ3) is 2.94. The Bertz CT molecular complexity index is 723. The Morgan fingerprint density at radius 3 is 2.68 bits per heavy atom. The second-order valence-electron chi connectivity index (χ2n) is 4.90. The fraction of sp³-hybridized carbons (Fsp3) is 0.118. The molecule has 2 aromatic carbocycles. The first-order valence-corrected chi connectivity index (χ1v) is 6.81. The van der Waals surface area contributed by atoms with E-state index in [4.69, 9.17) is 9.47 Å². The Balaban J connectivity index is 1.87. The number of hydroxylamine groups is 2. The topological polar surface area (TPSA) is 59.0 Å². The molecule has 0 spiro atoms. The fourth-order valence-corrected chi connectivity index (χ4v) is 2.18. The second kappa shape index (κ2) is 5.91. The lowest BCUT2D eigenvalue weighted by molar-refractivity contribution is -0.154. The molecule has 0 aliphatic carbocycles. The van der Waals surface area contributed by atoms with Crippen LogP contribution in [0.2, 0.25) is 0 Å². The summed E-state index contributed by atoms with van der Waals surface area (Å²) < 4.78 is 11.3. The molecule has 0 atom stereocenters. The molecule has 1 heterocycles. The van der Waals surface area contributed by atoms with Gasteiger partial charge in [-0.2, -0.15) is 0 Å². The summed E-state index contributed by atoms with van der Waals surface area (Å²) in [5, 5.41) is 9.78. The predicted molar refractivity (Wildman–Crippen MR) is 81.0 cm³/mol. The van der Waals surface area contributed by atoms with Gasteiger partial charge in [0.15, 0.2) is 0 Å². The summed E-state index contributed by atoms with van der Waals surface area (Å²) in [6.45, 7) is 0.135. The molecular weight excluding hydrogens is 282 g/mol. The van der Waals surface area contributed by atoms with Gasteiger partial charge in [-0.1, -0.05) is 18.2 Å². The molecule has 1 N–H and O–H groups in total. The summed E-state index contributed by atoms with van der Waals surface area (Å²) in [7, 11) is 1.29. The van der Waals surface area contributed by atoms with Crippen LogP contribution >= 0.6 is 0 Å². The van der Waals surface area contributed by atoms with Gasteiger partial charge >= 0.3 is 0 Å². The minimum atomic E-state index is -0.486. The molecule has 3 rings (SSSR count). The third-order valence-electron chi connectivity index (χ3n) is 3.24. The van der Waals surface area contributed by atoms with Crippen molar-refractivity contribution >= 4 is 12.0 Å². The van der Waals surface area contributed by atoms with Crippen molar-refractivity contribution in [1.82, 2.24) is 5.06 Å². The van der Waals surface area contributed by atoms with Crippen molar-refractivity contribution in [3.63, 3.8) is 0 Å². The molecule has 0 unspecified atom stereocenters. The molecule has 1 aliphatic rings. The van der Waals surface area contributed by atoms with Crippen LogP contribution in [0.3, 0.4) is 0 Å². The summed E-state index contributed by atoms with van der Waals surface area (Å²) in [6, 6.07) is 14.8. The molecule has 0 bridgehead atoms. The van der Waals surface area contributed by atoms with Crippen LogP contribution in [-0.2, 0) is 4.79 Å². The molecule has 22 heavy (non-hydrogen) atoms. The van der Waals surface area contributed by atoms with Crippen molar-refractivity contribution < 1.29 is 19.5 Å². The highest BCUT2D eigenvalue weighted by Gasteiger charge is 2.19. The van der Waals surface area contributed by atoms with Gasteiger partial charge in [0.1, 0.15) is 23.9 Å². The number of rotatable bonds is 3. The van der Waals surface area contributed by atoms with Crippen molar-refractivity contribution in [3.05, 3.63) is 59.7 Å². The van der Waals surface area contributed by atoms with Crippen molar-refractivity contribution in [2.75, 3.05) is 13.7 Å². The van der Waals surface area contributed by atoms with Crippen molar-refractivity contribution in [2.45, 2.75) is 0 Å². The van der Waals surface area contributed by atoms with E-state index in [1.54, 1.807) is 18.2 Å². The average molecular weight is 297 g/mol. The predicted octanol–water partition coefficient (Wildman–Crippen LogP) is 3.10. The van der Waals surface area contributed by atoms with Crippen LogP contribution in [-0.4, -0.2) is 29.8 Å². The lowest BCUT2D eigenvalue weighted by Gasteiger charge is -2.19. The number of hydrogen-bond donors (Lipinski definition) is 1. The van der Waals surface area contributed by atoms with Gasteiger partial charge < -0.3 is 9.47 Å². The Morgan fingerprint density at radius 2 is 1.95 bits per heavy atom. The van der Waals surface area contributed by atoms with E-state index in [0.717, 1.165) is 11.3 Å². The maximum absolute atomic E-state index is 11.8. The van der Waals surface area contributed by atoms with E-state index in [0.29, 0.717) is 22.1 Å². The summed E-state index contributed by atoms with van der Waals surface area (Å²) in [5.41, 5.74) is 1.12. The highest BCUT2D eigenvalue weighted by Crippen LogP contribution is 2.32. The molecule has 1 aliphatic heterocycles. The van der Waals surface area contributed by atoms with Crippen molar-refractivity contribution in [3.8, 4) is 17.2 Å². The Hall–Kier alpha value is -2.79. The third-order valence-corrected chi connectivity index (χ3v) is 3.24. The van der Waals surface area contributed by atoms with Gasteiger partial charge in [0.2, 0.25) is 0 Å². The molecule has 0 radical (unpaired) electrons. The normalized spacial score (nSPS) is 12.7. The lowest BCUT2D eigenvalue weighted by atomic mass is 10.1. The largest absolute Gasteiger partial charge is 0.488 e. The van der Waals surface area contributed by atoms with Gasteiger partial charge in [0, 0.05) is 12.6 Å². The van der Waals surface area contributed by atoms with Crippen LogP contribution in [0.5, 0.6) is 17.2 Å². The molecule has 0 fully saturated rings. The van der Waals surface area contributed by atoms with Crippen LogP contribution in [0.15, 0.2) is 54.1 Å². The fourth-order valence-electron chi connectivity index (χ4n) is 2.18. The minimum Gasteiger partial charge on any atom is -0.488 e. The number of benzene rings is 2. The Kier molecular flexibility index (Phi) is 3.80. The molecule has 1 amide bonds. The van der Waals surface area contributed by atoms with Crippen molar-refractivity contribution in [1.29, 1.82) is 0 Å². The SMILES string of the molecule is CN(O)C(=O)C1=Cc2cc(Oc3ccccc3)ccc2OC1. The zero-order valence-electron chi connectivity index (χ0n) is 12.0. The highest BCUT2D eigenvalue weighted by molar-refractivity contribution is 5.98. The van der Waals surface area contributed by atoms with E-state index in [2.05, 4.69) is 0 Å². The van der Waals surface area contributed by atoms with Gasteiger partial charge in [-0.25, -0.2) is 5.06 Å². The summed E-state index contributed by atoms with van der Waals surface area (Å²) in [5.74, 6) is 1.57. The number of carbonyl (C=O) groups excluding carboxylic acids is 1. The molecule has 112 valence electrons. The average Bonchev–Trinajstić information content (AvgIpc) is 2.54. The van der Waals surface area contributed by atoms with E-state index in [-0.39, 0.29) is 6.61 Å². The quantitative estimate of drug-likeness (QED) is 0.698. The lowest BCUT2D eigenvalue weighted by Crippen LogP contribution is -2.28. The monoisotopic (exact) mass is 297 g/mol. The maximum Gasteiger partial charge on any atom is 0.276 e. The number of para-hydroxylation sites is 1. The summed E-state index contributed by atoms with van der Waals surface area (Å²) in [6.07, 6.45) is 1.70. The number of nitrogens with zero attached hydrogens (tertiary/aromatic N) is 1. The number of hydrogen-bond acceptors (Lipinski definition) is 4. The first-order valence-electron chi connectivity index (χ1n) is 6.81. The van der Waals surface area contributed by atoms with Crippen LogP contribution < -0.4 is 9.47 Å². The van der Waals surface area contributed by atoms with E-state index >= 15 is 0 Å². The molecule has 0 saturated heterocycles. The molecule has 5 nitrogen and oxygen atoms in total. The summed E-state index contributed by atoms with van der Waals surface area (Å²) >= 11 is 0. The van der Waals surface area contributed by atoms with Gasteiger partial charge in [0.05, 0.1) is 5.57 Å². The maximum atomic E-state index is 11.8. The minimum absolute atomic E-state index is 0.135. The molecule has 0 saturated carbocycles. The number of ether oxygens (including phenoxy) is 2. The molecular formula is C17H15NO4. The van der Waals surface area contributed by atoms with Gasteiger partial charge in [-0.3, -0.25) is 10.0 Å². The zero-order chi connectivity index (χ0) is 15.5. The smallest absolute Gasteiger partial charge is 0.276 e. The van der Waals surface area contributed by atoms with E-state index < -0.39 is 5.91 Å². The highest BCUT2D eigenvalue weighted by atomic mass is 16.5. The van der Waals surface area contributed by atoms with Gasteiger partial charge in [0.25, 0.3) is 5.91 Å². The number of carbonyl (C=O) groups is 1. The second-order valence-corrected chi connectivity index (χ2v) is 4.90. The number of amides is 1. The Labute approximate surface area is 128 Å². The van der Waals surface area contributed by atoms with Gasteiger partial charge in [-0.05, 0) is 36.4 Å². The standard InChI is InChI=1S/C17H15NO4/c1-18(20)17(19)13-9-12-10-15(7-8-16(12)21-11-13)22-14-5-3-2-4-6-14/h2-10,20H,11H2,1H3. The van der Waals surface area contributed by atoms with E-state index in [1.807, 2.05) is 36.4 Å². The number of likely N-dealkylation sites (N-methyl/N-ethyl adjacent to an activating group) is 1. The molecule has 0 aromatic heterocycles. The summed E-state index contributed by atoms with van der Waals surface area (Å²) in [4.78, 5) is 11.8. The van der Waals surface area contributed by atoms with Crippen LogP contribution in [0, 0.1) is 0 Å². The van der Waals surface area contributed by atoms with Crippen molar-refractivity contribution in [2.24, 2.45) is 0 Å². The van der Waals surface area contributed by atoms with Crippen LogP contribution in [0.4, 0.5) is 0 Å². The van der Waals surface area contributed by atoms with E-state index in [9.17, 15) is 10.0 Å². The van der Waals surface area contributed by atoms with E-state index in [1.165, 1.54) is 7.05 Å². The zero-order valence-corrected chi connectivity index (χ0v) is 12.0.